The summed E-state index contributed by atoms with van der Waals surface area (Å²) in [5.74, 6) is 0.880. The zero-order chi connectivity index (χ0) is 10.8. The molecule has 2 rings (SSSR count). The molecule has 0 spiro atoms. The summed E-state index contributed by atoms with van der Waals surface area (Å²) in [5.41, 5.74) is 0. The molecule has 0 N–H and O–H groups in total. The molecule has 15 heavy (non-hydrogen) atoms. The van der Waals surface area contributed by atoms with Gasteiger partial charge in [-0.15, -0.1) is 0 Å². The number of rotatable bonds is 2. The molecule has 1 aromatic rings. The Hall–Kier alpha value is -0.470. The van der Waals surface area contributed by atoms with E-state index in [1.54, 1.807) is 12.3 Å². The average molecular weight is 245 g/mol. The number of aromatic nitrogens is 1. The van der Waals surface area contributed by atoms with Crippen molar-refractivity contribution in [3.05, 3.63) is 22.3 Å². The summed E-state index contributed by atoms with van der Waals surface area (Å²) in [7, 11) is 0. The molecule has 0 bridgehead atoms. The van der Waals surface area contributed by atoms with E-state index in [-0.39, 0.29) is 0 Å². The Bertz CT molecular complexity index is 354. The molecule has 0 aliphatic carbocycles. The Morgan fingerprint density at radius 1 is 1.53 bits per heavy atom. The van der Waals surface area contributed by atoms with E-state index in [4.69, 9.17) is 23.2 Å². The van der Waals surface area contributed by atoms with Crippen LogP contribution in [0.2, 0.25) is 10.0 Å². The predicted octanol–water partition coefficient (Wildman–Crippen LogP) is 3.77. The fraction of sp³-hybridized carbons (Fsp3) is 0.545. The summed E-state index contributed by atoms with van der Waals surface area (Å²) in [6.45, 7) is 3.25. The monoisotopic (exact) mass is 244 g/mol. The van der Waals surface area contributed by atoms with Crippen LogP contribution in [0.25, 0.3) is 0 Å². The van der Waals surface area contributed by atoms with Crippen molar-refractivity contribution in [1.82, 2.24) is 4.98 Å². The third kappa shape index (κ3) is 2.21. The average Bonchev–Trinajstić information content (AvgIpc) is 2.65. The first-order valence-electron chi connectivity index (χ1n) is 5.30. The van der Waals surface area contributed by atoms with Crippen LogP contribution in [0, 0.1) is 0 Å². The highest BCUT2D eigenvalue weighted by Gasteiger charge is 2.25. The van der Waals surface area contributed by atoms with Gasteiger partial charge >= 0.3 is 0 Å². The second-order valence-electron chi connectivity index (χ2n) is 3.86. The quantitative estimate of drug-likeness (QED) is 0.788. The molecular weight excluding hydrogens is 231 g/mol. The van der Waals surface area contributed by atoms with Crippen LogP contribution in [-0.4, -0.2) is 17.6 Å². The van der Waals surface area contributed by atoms with Gasteiger partial charge in [0.25, 0.3) is 0 Å². The molecular formula is C11H14Cl2N2. The summed E-state index contributed by atoms with van der Waals surface area (Å²) in [6.07, 6.45) is 5.25. The van der Waals surface area contributed by atoms with Crippen molar-refractivity contribution in [2.75, 3.05) is 11.4 Å². The van der Waals surface area contributed by atoms with Crippen molar-refractivity contribution in [2.45, 2.75) is 32.2 Å². The molecule has 1 fully saturated rings. The number of halogens is 2. The van der Waals surface area contributed by atoms with E-state index < -0.39 is 0 Å². The first-order valence-corrected chi connectivity index (χ1v) is 6.05. The van der Waals surface area contributed by atoms with Crippen molar-refractivity contribution >= 4 is 29.0 Å². The molecule has 0 radical (unpaired) electrons. The fourth-order valence-electron chi connectivity index (χ4n) is 2.16. The Kier molecular flexibility index (Phi) is 3.37. The Labute approximate surface area is 100 Å². The van der Waals surface area contributed by atoms with Gasteiger partial charge in [0, 0.05) is 18.8 Å². The van der Waals surface area contributed by atoms with Gasteiger partial charge in [0.15, 0.2) is 0 Å². The van der Waals surface area contributed by atoms with Crippen molar-refractivity contribution < 1.29 is 0 Å². The SMILES string of the molecule is CCC1CCCN1c1ncc(Cl)cc1Cl. The van der Waals surface area contributed by atoms with Crippen molar-refractivity contribution in [2.24, 2.45) is 0 Å². The van der Waals surface area contributed by atoms with Gasteiger partial charge in [-0.05, 0) is 25.3 Å². The van der Waals surface area contributed by atoms with E-state index in [2.05, 4.69) is 16.8 Å². The van der Waals surface area contributed by atoms with Gasteiger partial charge < -0.3 is 4.90 Å². The number of hydrogen-bond donors (Lipinski definition) is 0. The topological polar surface area (TPSA) is 16.1 Å². The Morgan fingerprint density at radius 2 is 2.33 bits per heavy atom. The maximum absolute atomic E-state index is 6.14. The van der Waals surface area contributed by atoms with Crippen molar-refractivity contribution in [3.8, 4) is 0 Å². The standard InChI is InChI=1S/C11H14Cl2N2/c1-2-9-4-3-5-15(9)11-10(13)6-8(12)7-14-11/h6-7,9H,2-5H2,1H3. The molecule has 2 heterocycles. The van der Waals surface area contributed by atoms with E-state index in [0.717, 1.165) is 18.8 Å². The summed E-state index contributed by atoms with van der Waals surface area (Å²) in [4.78, 5) is 6.61. The van der Waals surface area contributed by atoms with E-state index >= 15 is 0 Å². The van der Waals surface area contributed by atoms with Crippen LogP contribution in [0.4, 0.5) is 5.82 Å². The molecule has 0 aromatic carbocycles. The van der Waals surface area contributed by atoms with Gasteiger partial charge in [-0.2, -0.15) is 0 Å². The van der Waals surface area contributed by atoms with Gasteiger partial charge in [-0.25, -0.2) is 4.98 Å². The highest BCUT2D eigenvalue weighted by molar-refractivity contribution is 6.36. The number of pyridine rings is 1. The first-order chi connectivity index (χ1) is 7.22. The van der Waals surface area contributed by atoms with Gasteiger partial charge in [0.1, 0.15) is 5.82 Å². The normalized spacial score (nSPS) is 21.0. The maximum atomic E-state index is 6.14. The molecule has 0 amide bonds. The largest absolute Gasteiger partial charge is 0.352 e. The molecule has 1 atom stereocenters. The Balaban J connectivity index is 2.28. The van der Waals surface area contributed by atoms with Gasteiger partial charge in [-0.1, -0.05) is 30.1 Å². The maximum Gasteiger partial charge on any atom is 0.147 e. The number of nitrogens with zero attached hydrogens (tertiary/aromatic N) is 2. The van der Waals surface area contributed by atoms with Crippen LogP contribution < -0.4 is 4.90 Å². The molecule has 4 heteroatoms. The molecule has 1 unspecified atom stereocenters. The summed E-state index contributed by atoms with van der Waals surface area (Å²) < 4.78 is 0. The van der Waals surface area contributed by atoms with Crippen LogP contribution in [0.15, 0.2) is 12.3 Å². The lowest BCUT2D eigenvalue weighted by Crippen LogP contribution is -2.29. The minimum absolute atomic E-state index is 0.580. The molecule has 2 nitrogen and oxygen atoms in total. The fourth-order valence-corrected chi connectivity index (χ4v) is 2.65. The number of hydrogen-bond acceptors (Lipinski definition) is 2. The smallest absolute Gasteiger partial charge is 0.147 e. The second-order valence-corrected chi connectivity index (χ2v) is 4.70. The highest BCUT2D eigenvalue weighted by atomic mass is 35.5. The lowest BCUT2D eigenvalue weighted by molar-refractivity contribution is 0.640. The van der Waals surface area contributed by atoms with Crippen molar-refractivity contribution in [1.29, 1.82) is 0 Å². The van der Waals surface area contributed by atoms with Crippen LogP contribution in [0.5, 0.6) is 0 Å². The zero-order valence-electron chi connectivity index (χ0n) is 8.71. The molecule has 0 saturated carbocycles. The van der Waals surface area contributed by atoms with Gasteiger partial charge in [0.05, 0.1) is 10.0 Å². The second kappa shape index (κ2) is 4.58. The van der Waals surface area contributed by atoms with Crippen LogP contribution in [0.3, 0.4) is 0 Å². The predicted molar refractivity (Wildman–Crippen MR) is 64.9 cm³/mol. The zero-order valence-corrected chi connectivity index (χ0v) is 10.2. The molecule has 1 aliphatic heterocycles. The van der Waals surface area contributed by atoms with Crippen LogP contribution in [0.1, 0.15) is 26.2 Å². The van der Waals surface area contributed by atoms with Gasteiger partial charge in [0.2, 0.25) is 0 Å². The number of anilines is 1. The lowest BCUT2D eigenvalue weighted by atomic mass is 10.2. The van der Waals surface area contributed by atoms with Crippen molar-refractivity contribution in [3.63, 3.8) is 0 Å². The first kappa shape index (κ1) is 11.0. The minimum Gasteiger partial charge on any atom is -0.352 e. The third-order valence-corrected chi connectivity index (χ3v) is 3.39. The van der Waals surface area contributed by atoms with Crippen LogP contribution in [-0.2, 0) is 0 Å². The summed E-state index contributed by atoms with van der Waals surface area (Å²) in [5, 5.41) is 1.25. The minimum atomic E-state index is 0.580. The third-order valence-electron chi connectivity index (χ3n) is 2.91. The summed E-state index contributed by atoms with van der Waals surface area (Å²) in [6, 6.07) is 2.34. The lowest BCUT2D eigenvalue weighted by Gasteiger charge is -2.25. The molecule has 1 saturated heterocycles. The Morgan fingerprint density at radius 3 is 3.00 bits per heavy atom. The van der Waals surface area contributed by atoms with E-state index in [0.29, 0.717) is 16.1 Å². The van der Waals surface area contributed by atoms with Gasteiger partial charge in [-0.3, -0.25) is 0 Å². The highest BCUT2D eigenvalue weighted by Crippen LogP contribution is 2.32. The van der Waals surface area contributed by atoms with E-state index in [1.165, 1.54) is 12.8 Å². The summed E-state index contributed by atoms with van der Waals surface area (Å²) >= 11 is 12.0. The molecule has 1 aromatic heterocycles. The molecule has 1 aliphatic rings. The molecule has 82 valence electrons. The van der Waals surface area contributed by atoms with E-state index in [9.17, 15) is 0 Å². The van der Waals surface area contributed by atoms with Crippen LogP contribution >= 0.6 is 23.2 Å². The van der Waals surface area contributed by atoms with E-state index in [1.807, 2.05) is 0 Å².